The molecule has 8 aromatic rings. The van der Waals surface area contributed by atoms with Crippen molar-refractivity contribution in [3.8, 4) is 34.4 Å². The molecular formula is C36H24N6OPt-2. The summed E-state index contributed by atoms with van der Waals surface area (Å²) in [6.45, 7) is 2.06. The van der Waals surface area contributed by atoms with Crippen LogP contribution >= 0.6 is 0 Å². The third kappa shape index (κ3) is 4.31. The maximum absolute atomic E-state index is 6.41. The second-order valence-corrected chi connectivity index (χ2v) is 11.5. The number of aryl methyl sites for hydroxylation is 2. The molecule has 0 radical (unpaired) electrons. The van der Waals surface area contributed by atoms with Gasteiger partial charge in [-0.1, -0.05) is 12.1 Å². The van der Waals surface area contributed by atoms with E-state index in [4.69, 9.17) is 9.72 Å². The summed E-state index contributed by atoms with van der Waals surface area (Å²) >= 11 is 2.35. The molecule has 7 nitrogen and oxygen atoms in total. The number of ether oxygens (including phenoxy) is 1. The minimum absolute atomic E-state index is 0.596. The molecule has 0 aliphatic carbocycles. The quantitative estimate of drug-likeness (QED) is 0.169. The molecule has 0 atom stereocenters. The Bertz CT molecular complexity index is 2420. The fourth-order valence-corrected chi connectivity index (χ4v) is 6.57. The molecule has 0 aliphatic rings. The Morgan fingerprint density at radius 2 is 1.45 bits per heavy atom. The van der Waals surface area contributed by atoms with Crippen LogP contribution in [0.15, 0.2) is 110 Å². The van der Waals surface area contributed by atoms with Gasteiger partial charge in [-0.15, -0.1) is 0 Å². The van der Waals surface area contributed by atoms with Crippen LogP contribution in [0.5, 0.6) is 11.5 Å². The Kier molecular flexibility index (Phi) is 6.35. The van der Waals surface area contributed by atoms with Crippen molar-refractivity contribution in [1.82, 2.24) is 28.7 Å². The molecule has 44 heavy (non-hydrogen) atoms. The number of hydrogen-bond donors (Lipinski definition) is 0. The predicted molar refractivity (Wildman–Crippen MR) is 168 cm³/mol. The number of rotatable bonds is 5. The van der Waals surface area contributed by atoms with Gasteiger partial charge in [-0.05, 0) is 18.6 Å². The van der Waals surface area contributed by atoms with Crippen molar-refractivity contribution in [2.45, 2.75) is 6.92 Å². The van der Waals surface area contributed by atoms with Crippen LogP contribution in [0.1, 0.15) is 5.56 Å². The Balaban J connectivity index is 1.22. The number of para-hydroxylation sites is 3. The number of fused-ring (bicyclic) bond motifs is 4. The van der Waals surface area contributed by atoms with Crippen LogP contribution in [0.2, 0.25) is 0 Å². The standard InChI is InChI=1S/C36H24N6O.Pt/c1-24-19-35(39-22-30(24)36-37-17-8-18-38-36)42-31-12-4-3-11-28(31)29-16-15-27(21-34(29)42)43-26-10-7-9-25(20-26)41-23-40(2)32-13-5-6-14-33(32)41;/h3-19,22H,1-2H3;/q-2;. The van der Waals surface area contributed by atoms with Crippen molar-refractivity contribution in [2.24, 2.45) is 7.05 Å². The summed E-state index contributed by atoms with van der Waals surface area (Å²) in [7, 11) is 2.07. The van der Waals surface area contributed by atoms with E-state index in [-0.39, 0.29) is 0 Å². The van der Waals surface area contributed by atoms with E-state index in [1.165, 1.54) is 0 Å². The Labute approximate surface area is 264 Å². The van der Waals surface area contributed by atoms with Crippen molar-refractivity contribution in [3.05, 3.63) is 131 Å². The van der Waals surface area contributed by atoms with Crippen LogP contribution in [0.25, 0.3) is 55.7 Å². The second kappa shape index (κ2) is 10.5. The number of nitrogens with zero attached hydrogens (tertiary/aromatic N) is 6. The van der Waals surface area contributed by atoms with Gasteiger partial charge in [0.15, 0.2) is 5.82 Å². The molecule has 4 heterocycles. The van der Waals surface area contributed by atoms with Crippen molar-refractivity contribution < 1.29 is 24.1 Å². The second-order valence-electron chi connectivity index (χ2n) is 10.5. The molecule has 0 saturated carbocycles. The zero-order valence-electron chi connectivity index (χ0n) is 23.8. The summed E-state index contributed by atoms with van der Waals surface area (Å²) in [5.74, 6) is 2.65. The molecule has 0 N–H and O–H groups in total. The van der Waals surface area contributed by atoms with Crippen LogP contribution < -0.4 is 4.74 Å². The van der Waals surface area contributed by atoms with Gasteiger partial charge < -0.3 is 0 Å². The van der Waals surface area contributed by atoms with Crippen molar-refractivity contribution in [1.29, 1.82) is 0 Å². The van der Waals surface area contributed by atoms with Crippen LogP contribution in [0.4, 0.5) is 0 Å². The van der Waals surface area contributed by atoms with Gasteiger partial charge in [-0.2, -0.15) is 0 Å². The van der Waals surface area contributed by atoms with Crippen LogP contribution in [0.3, 0.4) is 0 Å². The zero-order chi connectivity index (χ0) is 29.8. The van der Waals surface area contributed by atoms with E-state index in [1.807, 2.05) is 42.6 Å². The van der Waals surface area contributed by atoms with E-state index in [1.54, 1.807) is 12.4 Å². The molecule has 216 valence electrons. The topological polar surface area (TPSA) is 62.7 Å². The summed E-state index contributed by atoms with van der Waals surface area (Å²) in [4.78, 5) is 13.7. The third-order valence-electron chi connectivity index (χ3n) is 7.81. The number of aromatic nitrogens is 6. The minimum atomic E-state index is 0.596. The van der Waals surface area contributed by atoms with Gasteiger partial charge in [-0.3, -0.25) is 0 Å². The van der Waals surface area contributed by atoms with E-state index in [0.717, 1.165) is 59.3 Å². The molecule has 8 rings (SSSR count). The molecular weight excluding hydrogens is 728 g/mol. The molecule has 4 aromatic carbocycles. The van der Waals surface area contributed by atoms with Gasteiger partial charge in [0.1, 0.15) is 0 Å². The molecule has 0 bridgehead atoms. The fraction of sp³-hybridized carbons (Fsp3) is 0.0556. The molecule has 0 amide bonds. The van der Waals surface area contributed by atoms with E-state index >= 15 is 0 Å². The summed E-state index contributed by atoms with van der Waals surface area (Å²) < 4.78 is 14.0. The smallest absolute Gasteiger partial charge is 0.237 e. The van der Waals surface area contributed by atoms with Crippen molar-refractivity contribution >= 4 is 32.8 Å². The van der Waals surface area contributed by atoms with Gasteiger partial charge in [0, 0.05) is 24.2 Å². The van der Waals surface area contributed by atoms with E-state index in [2.05, 4.69) is 124 Å². The summed E-state index contributed by atoms with van der Waals surface area (Å²) in [5.41, 5.74) is 7.02. The van der Waals surface area contributed by atoms with E-state index < -0.39 is 0 Å². The molecule has 4 aromatic heterocycles. The fourth-order valence-electron chi connectivity index (χ4n) is 5.74. The summed E-state index contributed by atoms with van der Waals surface area (Å²) in [6.07, 6.45) is 5.33. The average Bonchev–Trinajstić information content (AvgIpc) is 3.52. The average molecular weight is 752 g/mol. The van der Waals surface area contributed by atoms with Gasteiger partial charge in [-0.25, -0.2) is 9.97 Å². The summed E-state index contributed by atoms with van der Waals surface area (Å²) in [6, 6.07) is 37.6. The number of benzene rings is 4. The number of imidazole rings is 1. The number of pyridine rings is 1. The zero-order valence-corrected chi connectivity index (χ0v) is 26.1. The van der Waals surface area contributed by atoms with Gasteiger partial charge in [0.2, 0.25) is 0 Å². The normalized spacial score (nSPS) is 11.5. The predicted octanol–water partition coefficient (Wildman–Crippen LogP) is 7.70. The van der Waals surface area contributed by atoms with Gasteiger partial charge in [0.25, 0.3) is 0 Å². The molecule has 8 heteroatoms. The molecule has 0 unspecified atom stereocenters. The van der Waals surface area contributed by atoms with Crippen LogP contribution in [-0.4, -0.2) is 28.7 Å². The SMILES string of the molecule is Cc1cc(-n2c3[c-]c(Oc4[c-]c(-n5[c](=[Pt])n(C)c6ccccc65)ccc4)ccc3c3ccccc32)ncc1-c1ncccn1. The Hall–Kier alpha value is -5.13. The molecule has 0 saturated heterocycles. The Morgan fingerprint density at radius 1 is 0.705 bits per heavy atom. The monoisotopic (exact) mass is 751 g/mol. The first kappa shape index (κ1) is 26.5. The van der Waals surface area contributed by atoms with Crippen LogP contribution in [-0.2, 0) is 26.4 Å². The molecule has 0 fully saturated rings. The van der Waals surface area contributed by atoms with E-state index in [9.17, 15) is 0 Å². The van der Waals surface area contributed by atoms with Crippen LogP contribution in [0, 0.1) is 22.9 Å². The number of hydrogen-bond acceptors (Lipinski definition) is 4. The van der Waals surface area contributed by atoms with Crippen molar-refractivity contribution in [3.63, 3.8) is 0 Å². The van der Waals surface area contributed by atoms with E-state index in [0.29, 0.717) is 17.3 Å². The first-order chi connectivity index (χ1) is 21.6. The minimum Gasteiger partial charge on any atom is -0.237 e. The summed E-state index contributed by atoms with van der Waals surface area (Å²) in [5, 5.41) is 2.19. The molecule has 0 aliphatic heterocycles. The van der Waals surface area contributed by atoms with Crippen molar-refractivity contribution in [2.75, 3.05) is 0 Å². The molecule has 0 spiro atoms. The van der Waals surface area contributed by atoms with Gasteiger partial charge in [0.05, 0.1) is 0 Å². The Morgan fingerprint density at radius 3 is 2.27 bits per heavy atom. The first-order valence-electron chi connectivity index (χ1n) is 14.1. The van der Waals surface area contributed by atoms with Gasteiger partial charge >= 0.3 is 194 Å². The maximum atomic E-state index is 6.41. The first-order valence-corrected chi connectivity index (χ1v) is 15.2. The third-order valence-corrected chi connectivity index (χ3v) is 9.08.